The van der Waals surface area contributed by atoms with Gasteiger partial charge in [-0.3, -0.25) is 0 Å². The topological polar surface area (TPSA) is 64.1 Å². The van der Waals surface area contributed by atoms with Crippen molar-refractivity contribution in [2.75, 3.05) is 6.54 Å². The van der Waals surface area contributed by atoms with E-state index in [-0.39, 0.29) is 12.0 Å². The van der Waals surface area contributed by atoms with Gasteiger partial charge in [-0.25, -0.2) is 0 Å². The second-order valence-electron chi connectivity index (χ2n) is 5.24. The van der Waals surface area contributed by atoms with Crippen molar-refractivity contribution in [1.29, 1.82) is 0 Å². The third kappa shape index (κ3) is 2.56. The minimum atomic E-state index is 0.157. The first-order valence-corrected chi connectivity index (χ1v) is 7.24. The third-order valence-corrected chi connectivity index (χ3v) is 3.83. The van der Waals surface area contributed by atoms with E-state index in [4.69, 9.17) is 8.94 Å². The molecule has 0 aliphatic rings. The zero-order valence-corrected chi connectivity index (χ0v) is 12.5. The predicted molar refractivity (Wildman–Crippen MR) is 81.1 cm³/mol. The zero-order chi connectivity index (χ0) is 14.8. The van der Waals surface area contributed by atoms with E-state index >= 15 is 0 Å². The summed E-state index contributed by atoms with van der Waals surface area (Å²) in [6.07, 6.45) is 1.68. The van der Waals surface area contributed by atoms with Crippen molar-refractivity contribution in [3.63, 3.8) is 0 Å². The van der Waals surface area contributed by atoms with Gasteiger partial charge in [0.15, 0.2) is 0 Å². The van der Waals surface area contributed by atoms with Gasteiger partial charge in [0.2, 0.25) is 11.7 Å². The monoisotopic (exact) mass is 285 g/mol. The molecule has 0 radical (unpaired) electrons. The Morgan fingerprint density at radius 2 is 2.05 bits per heavy atom. The highest BCUT2D eigenvalue weighted by atomic mass is 16.5. The lowest BCUT2D eigenvalue weighted by Crippen LogP contribution is -2.30. The van der Waals surface area contributed by atoms with E-state index in [0.29, 0.717) is 11.7 Å². The maximum atomic E-state index is 5.53. The quantitative estimate of drug-likeness (QED) is 0.776. The molecular weight excluding hydrogens is 266 g/mol. The van der Waals surface area contributed by atoms with Crippen LogP contribution in [0, 0.1) is 0 Å². The number of para-hydroxylation sites is 1. The van der Waals surface area contributed by atoms with Crippen LogP contribution in [0.15, 0.2) is 39.5 Å². The molecule has 0 fully saturated rings. The summed E-state index contributed by atoms with van der Waals surface area (Å²) in [5.41, 5.74) is 1.69. The summed E-state index contributed by atoms with van der Waals surface area (Å²) < 4.78 is 10.9. The van der Waals surface area contributed by atoms with Crippen LogP contribution in [0.3, 0.4) is 0 Å². The van der Waals surface area contributed by atoms with E-state index in [0.717, 1.165) is 23.1 Å². The minimum Gasteiger partial charge on any atom is -0.464 e. The second kappa shape index (κ2) is 5.69. The Kier molecular flexibility index (Phi) is 3.75. The zero-order valence-electron chi connectivity index (χ0n) is 12.5. The Morgan fingerprint density at radius 1 is 1.24 bits per heavy atom. The van der Waals surface area contributed by atoms with Crippen molar-refractivity contribution in [2.24, 2.45) is 0 Å². The van der Waals surface area contributed by atoms with Crippen molar-refractivity contribution < 1.29 is 8.94 Å². The molecule has 1 aromatic carbocycles. The van der Waals surface area contributed by atoms with Crippen LogP contribution in [0.4, 0.5) is 0 Å². The van der Waals surface area contributed by atoms with Gasteiger partial charge >= 0.3 is 0 Å². The molecule has 2 heterocycles. The Bertz CT molecular complexity index is 732. The molecule has 21 heavy (non-hydrogen) atoms. The Balaban J connectivity index is 1.91. The number of aromatic nitrogens is 2. The Morgan fingerprint density at radius 3 is 2.86 bits per heavy atom. The Hall–Kier alpha value is -2.14. The van der Waals surface area contributed by atoms with E-state index in [1.54, 1.807) is 6.26 Å². The molecule has 5 heteroatoms. The lowest BCUT2D eigenvalue weighted by atomic mass is 10.0. The average Bonchev–Trinajstić information content (AvgIpc) is 3.13. The van der Waals surface area contributed by atoms with Gasteiger partial charge in [0.05, 0.1) is 11.5 Å². The molecule has 2 aromatic heterocycles. The lowest BCUT2D eigenvalue weighted by molar-refractivity contribution is 0.332. The van der Waals surface area contributed by atoms with Crippen molar-refractivity contribution >= 4 is 11.0 Å². The van der Waals surface area contributed by atoms with Crippen molar-refractivity contribution in [1.82, 2.24) is 15.5 Å². The molecule has 3 rings (SSSR count). The van der Waals surface area contributed by atoms with Crippen LogP contribution in [0.1, 0.15) is 32.6 Å². The van der Waals surface area contributed by atoms with Gasteiger partial charge in [0, 0.05) is 11.4 Å². The minimum absolute atomic E-state index is 0.157. The summed E-state index contributed by atoms with van der Waals surface area (Å²) in [4.78, 5) is 4.53. The van der Waals surface area contributed by atoms with E-state index in [2.05, 4.69) is 36.2 Å². The average molecular weight is 285 g/mol. The summed E-state index contributed by atoms with van der Waals surface area (Å²) >= 11 is 0. The van der Waals surface area contributed by atoms with Gasteiger partial charge in [0.1, 0.15) is 11.8 Å². The van der Waals surface area contributed by atoms with E-state index in [1.165, 1.54) is 0 Å². The van der Waals surface area contributed by atoms with Gasteiger partial charge in [0.25, 0.3) is 0 Å². The molecule has 5 nitrogen and oxygen atoms in total. The maximum Gasteiger partial charge on any atom is 0.231 e. The first-order chi connectivity index (χ1) is 10.2. The highest BCUT2D eigenvalue weighted by molar-refractivity contribution is 5.91. The van der Waals surface area contributed by atoms with Crippen LogP contribution in [0.5, 0.6) is 0 Å². The largest absolute Gasteiger partial charge is 0.464 e. The molecule has 0 aliphatic carbocycles. The predicted octanol–water partition coefficient (Wildman–Crippen LogP) is 3.58. The fourth-order valence-electron chi connectivity index (χ4n) is 2.39. The summed E-state index contributed by atoms with van der Waals surface area (Å²) in [6.45, 7) is 7.20. The molecule has 0 spiro atoms. The number of hydrogen-bond acceptors (Lipinski definition) is 5. The highest BCUT2D eigenvalue weighted by Crippen LogP contribution is 2.29. The molecular formula is C16H19N3O2. The van der Waals surface area contributed by atoms with Crippen LogP contribution in [-0.4, -0.2) is 22.7 Å². The van der Waals surface area contributed by atoms with E-state index in [9.17, 15) is 0 Å². The van der Waals surface area contributed by atoms with Crippen LogP contribution >= 0.6 is 0 Å². The number of benzene rings is 1. The molecule has 0 saturated carbocycles. The molecule has 110 valence electrons. The van der Waals surface area contributed by atoms with E-state index < -0.39 is 0 Å². The number of fused-ring (bicyclic) bond motifs is 1. The van der Waals surface area contributed by atoms with Crippen LogP contribution < -0.4 is 5.32 Å². The number of hydrogen-bond donors (Lipinski definition) is 1. The van der Waals surface area contributed by atoms with Crippen molar-refractivity contribution in [3.8, 4) is 11.4 Å². The van der Waals surface area contributed by atoms with Crippen molar-refractivity contribution in [2.45, 2.75) is 32.7 Å². The smallest absolute Gasteiger partial charge is 0.231 e. The first-order valence-electron chi connectivity index (χ1n) is 7.24. The van der Waals surface area contributed by atoms with Crippen LogP contribution in [-0.2, 0) is 0 Å². The normalized spacial score (nSPS) is 14.4. The molecule has 2 unspecified atom stereocenters. The molecule has 0 saturated heterocycles. The summed E-state index contributed by atoms with van der Waals surface area (Å²) in [5.74, 6) is 1.37. The third-order valence-electron chi connectivity index (χ3n) is 3.83. The van der Waals surface area contributed by atoms with E-state index in [1.807, 2.05) is 24.3 Å². The molecule has 3 aromatic rings. The fourth-order valence-corrected chi connectivity index (χ4v) is 2.39. The SMILES string of the molecule is CCNC(C)C(C)c1nc(-c2coc3ccccc23)no1. The fraction of sp³-hybridized carbons (Fsp3) is 0.375. The number of nitrogens with one attached hydrogen (secondary N) is 1. The number of furan rings is 1. The van der Waals surface area contributed by atoms with Gasteiger partial charge in [-0.1, -0.05) is 37.2 Å². The molecule has 0 aliphatic heterocycles. The van der Waals surface area contributed by atoms with Gasteiger partial charge in [-0.2, -0.15) is 4.98 Å². The molecule has 0 bridgehead atoms. The summed E-state index contributed by atoms with van der Waals surface area (Å²) in [6, 6.07) is 8.12. The number of nitrogens with zero attached hydrogens (tertiary/aromatic N) is 2. The van der Waals surface area contributed by atoms with Crippen molar-refractivity contribution in [3.05, 3.63) is 36.4 Å². The lowest BCUT2D eigenvalue weighted by Gasteiger charge is -2.16. The molecule has 0 amide bonds. The van der Waals surface area contributed by atoms with Gasteiger partial charge in [-0.15, -0.1) is 0 Å². The number of likely N-dealkylation sites (N-methyl/N-ethyl adjacent to an activating group) is 1. The molecule has 1 N–H and O–H groups in total. The Labute approximate surface area is 123 Å². The summed E-state index contributed by atoms with van der Waals surface area (Å²) in [7, 11) is 0. The standard InChI is InChI=1S/C16H19N3O2/c1-4-17-11(3)10(2)16-18-15(19-21-16)13-9-20-14-8-6-5-7-12(13)14/h5-11,17H,4H2,1-3H3. The molecule has 2 atom stereocenters. The first kappa shape index (κ1) is 13.8. The maximum absolute atomic E-state index is 5.53. The van der Waals surface area contributed by atoms with Crippen LogP contribution in [0.2, 0.25) is 0 Å². The van der Waals surface area contributed by atoms with Gasteiger partial charge in [-0.05, 0) is 19.5 Å². The second-order valence-corrected chi connectivity index (χ2v) is 5.24. The highest BCUT2D eigenvalue weighted by Gasteiger charge is 2.21. The number of rotatable bonds is 5. The van der Waals surface area contributed by atoms with Gasteiger partial charge < -0.3 is 14.3 Å². The van der Waals surface area contributed by atoms with Crippen LogP contribution in [0.25, 0.3) is 22.4 Å². The summed E-state index contributed by atoms with van der Waals surface area (Å²) in [5, 5.41) is 8.47.